The average Bonchev–Trinajstić information content (AvgIpc) is 2.87. The minimum atomic E-state index is -4.69. The first-order valence-electron chi connectivity index (χ1n) is 11.3. The first-order valence-corrected chi connectivity index (χ1v) is 11.3. The SMILES string of the molecule is O=C(CCNc1ccc(C(F)(F)F)cc1[N+](=O)[O-])NCc1ccc(N2CCc3ccccc3C2)nc1. The minimum Gasteiger partial charge on any atom is -0.379 e. The van der Waals surface area contributed by atoms with Gasteiger partial charge in [-0.05, 0) is 41.3 Å². The molecule has 2 heterocycles. The molecule has 188 valence electrons. The molecule has 0 unspecified atom stereocenters. The Labute approximate surface area is 205 Å². The van der Waals surface area contributed by atoms with Crippen LogP contribution < -0.4 is 15.5 Å². The van der Waals surface area contributed by atoms with E-state index in [-0.39, 0.29) is 31.1 Å². The van der Waals surface area contributed by atoms with Gasteiger partial charge in [0, 0.05) is 44.9 Å². The number of nitrogens with one attached hydrogen (secondary N) is 2. The molecular weight excluding hydrogens is 475 g/mol. The number of fused-ring (bicyclic) bond motifs is 1. The van der Waals surface area contributed by atoms with Gasteiger partial charge in [0.1, 0.15) is 11.5 Å². The van der Waals surface area contributed by atoms with Crippen LogP contribution in [0.5, 0.6) is 0 Å². The fourth-order valence-electron chi connectivity index (χ4n) is 4.01. The van der Waals surface area contributed by atoms with E-state index in [9.17, 15) is 28.1 Å². The van der Waals surface area contributed by atoms with E-state index in [0.717, 1.165) is 43.0 Å². The highest BCUT2D eigenvalue weighted by atomic mass is 19.4. The van der Waals surface area contributed by atoms with Crippen LogP contribution in [-0.4, -0.2) is 28.9 Å². The number of nitrogens with zero attached hydrogens (tertiary/aromatic N) is 3. The highest BCUT2D eigenvalue weighted by molar-refractivity contribution is 5.76. The molecule has 3 aromatic rings. The number of benzene rings is 2. The Morgan fingerprint density at radius 2 is 1.89 bits per heavy atom. The Morgan fingerprint density at radius 3 is 2.58 bits per heavy atom. The second-order valence-electron chi connectivity index (χ2n) is 8.41. The number of carbonyl (C=O) groups is 1. The molecule has 0 fully saturated rings. The van der Waals surface area contributed by atoms with Gasteiger partial charge in [0.2, 0.25) is 5.91 Å². The molecule has 0 bridgehead atoms. The topological polar surface area (TPSA) is 100 Å². The van der Waals surface area contributed by atoms with Crippen LogP contribution in [0.15, 0.2) is 60.8 Å². The first kappa shape index (κ1) is 25.0. The first-order chi connectivity index (χ1) is 17.2. The van der Waals surface area contributed by atoms with Crippen LogP contribution in [0, 0.1) is 10.1 Å². The predicted octanol–water partition coefficient (Wildman–Crippen LogP) is 4.69. The second-order valence-corrected chi connectivity index (χ2v) is 8.41. The van der Waals surface area contributed by atoms with Gasteiger partial charge in [-0.15, -0.1) is 0 Å². The largest absolute Gasteiger partial charge is 0.416 e. The molecule has 36 heavy (non-hydrogen) atoms. The molecule has 4 rings (SSSR count). The lowest BCUT2D eigenvalue weighted by atomic mass is 10.00. The molecule has 0 atom stereocenters. The second kappa shape index (κ2) is 10.6. The lowest BCUT2D eigenvalue weighted by Gasteiger charge is -2.29. The van der Waals surface area contributed by atoms with Crippen LogP contribution in [0.4, 0.5) is 30.4 Å². The van der Waals surface area contributed by atoms with Gasteiger partial charge in [-0.25, -0.2) is 4.98 Å². The Morgan fingerprint density at radius 1 is 1.11 bits per heavy atom. The highest BCUT2D eigenvalue weighted by Crippen LogP contribution is 2.35. The molecule has 0 spiro atoms. The molecule has 1 aliphatic heterocycles. The summed E-state index contributed by atoms with van der Waals surface area (Å²) in [5.41, 5.74) is 1.57. The smallest absolute Gasteiger partial charge is 0.379 e. The van der Waals surface area contributed by atoms with Crippen LogP contribution in [0.3, 0.4) is 0 Å². The van der Waals surface area contributed by atoms with Crippen LogP contribution >= 0.6 is 0 Å². The summed E-state index contributed by atoms with van der Waals surface area (Å²) in [6, 6.07) is 14.4. The highest BCUT2D eigenvalue weighted by Gasteiger charge is 2.33. The number of alkyl halides is 3. The zero-order valence-corrected chi connectivity index (χ0v) is 19.2. The van der Waals surface area contributed by atoms with E-state index in [1.807, 2.05) is 24.3 Å². The van der Waals surface area contributed by atoms with Gasteiger partial charge in [0.15, 0.2) is 0 Å². The molecule has 1 aromatic heterocycles. The third-order valence-corrected chi connectivity index (χ3v) is 5.94. The van der Waals surface area contributed by atoms with Gasteiger partial charge in [-0.3, -0.25) is 14.9 Å². The number of halogens is 3. The maximum atomic E-state index is 12.8. The zero-order chi connectivity index (χ0) is 25.7. The van der Waals surface area contributed by atoms with Crippen molar-refractivity contribution >= 4 is 23.1 Å². The number of hydrogen-bond acceptors (Lipinski definition) is 6. The van der Waals surface area contributed by atoms with E-state index >= 15 is 0 Å². The Kier molecular flexibility index (Phi) is 7.37. The van der Waals surface area contributed by atoms with Gasteiger partial charge < -0.3 is 15.5 Å². The number of nitro benzene ring substituents is 1. The fraction of sp³-hybridized carbons (Fsp3) is 0.280. The van der Waals surface area contributed by atoms with E-state index < -0.39 is 22.4 Å². The number of aromatic nitrogens is 1. The fourth-order valence-corrected chi connectivity index (χ4v) is 4.01. The minimum absolute atomic E-state index is 0.0170. The molecule has 2 N–H and O–H groups in total. The van der Waals surface area contributed by atoms with Crippen molar-refractivity contribution in [2.45, 2.75) is 32.1 Å². The average molecular weight is 499 g/mol. The van der Waals surface area contributed by atoms with Crippen molar-refractivity contribution in [3.8, 4) is 0 Å². The van der Waals surface area contributed by atoms with Crippen LogP contribution in [0.1, 0.15) is 28.7 Å². The van der Waals surface area contributed by atoms with Crippen molar-refractivity contribution in [3.63, 3.8) is 0 Å². The van der Waals surface area contributed by atoms with Crippen molar-refractivity contribution < 1.29 is 22.9 Å². The summed E-state index contributed by atoms with van der Waals surface area (Å²) >= 11 is 0. The van der Waals surface area contributed by atoms with E-state index in [1.54, 1.807) is 6.20 Å². The normalized spacial score (nSPS) is 13.1. The van der Waals surface area contributed by atoms with Crippen molar-refractivity contribution in [1.29, 1.82) is 0 Å². The molecule has 0 radical (unpaired) electrons. The van der Waals surface area contributed by atoms with Gasteiger partial charge in [-0.1, -0.05) is 30.3 Å². The van der Waals surface area contributed by atoms with Gasteiger partial charge in [0.25, 0.3) is 5.69 Å². The summed E-state index contributed by atoms with van der Waals surface area (Å²) in [5, 5.41) is 16.6. The lowest BCUT2D eigenvalue weighted by Crippen LogP contribution is -2.31. The summed E-state index contributed by atoms with van der Waals surface area (Å²) in [7, 11) is 0. The number of anilines is 2. The monoisotopic (exact) mass is 499 g/mol. The van der Waals surface area contributed by atoms with E-state index in [0.29, 0.717) is 6.07 Å². The van der Waals surface area contributed by atoms with Crippen molar-refractivity contribution in [2.24, 2.45) is 0 Å². The van der Waals surface area contributed by atoms with Crippen LogP contribution in [0.25, 0.3) is 0 Å². The molecule has 0 aliphatic carbocycles. The molecule has 0 saturated heterocycles. The van der Waals surface area contributed by atoms with Gasteiger partial charge in [0.05, 0.1) is 10.5 Å². The maximum Gasteiger partial charge on any atom is 0.416 e. The quantitative estimate of drug-likeness (QED) is 0.345. The summed E-state index contributed by atoms with van der Waals surface area (Å²) in [5.74, 6) is 0.552. The number of hydrogen-bond donors (Lipinski definition) is 2. The Balaban J connectivity index is 1.25. The van der Waals surface area contributed by atoms with Crippen LogP contribution in [-0.2, 0) is 30.5 Å². The summed E-state index contributed by atoms with van der Waals surface area (Å²) in [6.45, 7) is 1.95. The van der Waals surface area contributed by atoms with E-state index in [1.165, 1.54) is 11.1 Å². The molecular formula is C25H24F3N5O3. The number of pyridine rings is 1. The van der Waals surface area contributed by atoms with E-state index in [2.05, 4.69) is 32.7 Å². The molecule has 8 nitrogen and oxygen atoms in total. The lowest BCUT2D eigenvalue weighted by molar-refractivity contribution is -0.384. The molecule has 1 amide bonds. The van der Waals surface area contributed by atoms with Crippen LogP contribution in [0.2, 0.25) is 0 Å². The van der Waals surface area contributed by atoms with Gasteiger partial charge in [-0.2, -0.15) is 13.2 Å². The Bertz CT molecular complexity index is 1250. The third-order valence-electron chi connectivity index (χ3n) is 5.94. The van der Waals surface area contributed by atoms with Crippen molar-refractivity contribution in [1.82, 2.24) is 10.3 Å². The van der Waals surface area contributed by atoms with Crippen molar-refractivity contribution in [3.05, 3.63) is 93.2 Å². The molecule has 0 saturated carbocycles. The molecule has 1 aliphatic rings. The van der Waals surface area contributed by atoms with Gasteiger partial charge >= 0.3 is 6.18 Å². The number of carbonyl (C=O) groups excluding carboxylic acids is 1. The number of rotatable bonds is 8. The third kappa shape index (κ3) is 6.09. The van der Waals surface area contributed by atoms with Crippen molar-refractivity contribution in [2.75, 3.05) is 23.3 Å². The molecule has 2 aromatic carbocycles. The zero-order valence-electron chi connectivity index (χ0n) is 19.2. The maximum absolute atomic E-state index is 12.8. The standard InChI is InChI=1S/C25H24F3N5O3/c26-25(27,28)20-6-7-21(22(13-20)33(35)36)29-11-9-24(34)31-15-17-5-8-23(30-14-17)32-12-10-18-3-1-2-4-19(18)16-32/h1-8,13-14,29H,9-12,15-16H2,(H,31,34). The number of nitro groups is 1. The summed E-state index contributed by atoms with van der Waals surface area (Å²) in [6.07, 6.45) is -2.04. The predicted molar refractivity (Wildman–Crippen MR) is 128 cm³/mol. The summed E-state index contributed by atoms with van der Waals surface area (Å²) < 4.78 is 38.4. The Hall–Kier alpha value is -4.15. The summed E-state index contributed by atoms with van der Waals surface area (Å²) in [4.78, 5) is 29.2. The molecule has 11 heteroatoms. The van der Waals surface area contributed by atoms with E-state index in [4.69, 9.17) is 0 Å². The number of amides is 1.